The van der Waals surface area contributed by atoms with Gasteiger partial charge in [-0.25, -0.2) is 0 Å². The number of guanidine groups is 1. The zero-order chi connectivity index (χ0) is 14.7. The Kier molecular flexibility index (Phi) is 3.90. The van der Waals surface area contributed by atoms with Gasteiger partial charge in [0.05, 0.1) is 12.2 Å². The summed E-state index contributed by atoms with van der Waals surface area (Å²) >= 11 is 0. The highest BCUT2D eigenvalue weighted by Gasteiger charge is 2.22. The van der Waals surface area contributed by atoms with E-state index >= 15 is 0 Å². The van der Waals surface area contributed by atoms with Gasteiger partial charge in [0.1, 0.15) is 0 Å². The fourth-order valence-electron chi connectivity index (χ4n) is 2.63. The molecule has 2 heterocycles. The Morgan fingerprint density at radius 2 is 2.29 bits per heavy atom. The summed E-state index contributed by atoms with van der Waals surface area (Å²) in [5.74, 6) is 1.70. The highest BCUT2D eigenvalue weighted by atomic mass is 16.5. The molecule has 1 aliphatic heterocycles. The highest BCUT2D eigenvalue weighted by Crippen LogP contribution is 2.27. The Morgan fingerprint density at radius 3 is 3.05 bits per heavy atom. The molecule has 1 N–H and O–H groups in total. The van der Waals surface area contributed by atoms with Crippen molar-refractivity contribution in [1.82, 2.24) is 10.5 Å². The van der Waals surface area contributed by atoms with Crippen molar-refractivity contribution in [2.75, 3.05) is 18.5 Å². The third-order valence-corrected chi connectivity index (χ3v) is 3.75. The van der Waals surface area contributed by atoms with E-state index in [4.69, 9.17) is 4.52 Å². The van der Waals surface area contributed by atoms with Crippen molar-refractivity contribution in [3.05, 3.63) is 47.3 Å². The minimum Gasteiger partial charge on any atom is -0.359 e. The average molecular weight is 284 g/mol. The van der Waals surface area contributed by atoms with Crippen LogP contribution in [0.1, 0.15) is 23.9 Å². The van der Waals surface area contributed by atoms with Crippen LogP contribution in [-0.4, -0.2) is 24.7 Å². The van der Waals surface area contributed by atoms with Gasteiger partial charge in [-0.3, -0.25) is 4.99 Å². The number of para-hydroxylation sites is 1. The van der Waals surface area contributed by atoms with Crippen LogP contribution in [0.2, 0.25) is 0 Å². The van der Waals surface area contributed by atoms with Gasteiger partial charge in [0, 0.05) is 25.3 Å². The second kappa shape index (κ2) is 5.99. The topological polar surface area (TPSA) is 53.7 Å². The quantitative estimate of drug-likeness (QED) is 0.694. The lowest BCUT2D eigenvalue weighted by Crippen LogP contribution is -2.40. The van der Waals surface area contributed by atoms with E-state index < -0.39 is 0 Å². The van der Waals surface area contributed by atoms with Crippen molar-refractivity contribution in [3.63, 3.8) is 0 Å². The third-order valence-electron chi connectivity index (χ3n) is 3.75. The molecule has 0 radical (unpaired) electrons. The molecule has 21 heavy (non-hydrogen) atoms. The minimum absolute atomic E-state index is 0.596. The Balaban J connectivity index is 1.69. The van der Waals surface area contributed by atoms with E-state index in [0.29, 0.717) is 6.54 Å². The van der Waals surface area contributed by atoms with E-state index in [0.717, 1.165) is 36.8 Å². The van der Waals surface area contributed by atoms with Crippen LogP contribution in [-0.2, 0) is 19.4 Å². The van der Waals surface area contributed by atoms with E-state index in [9.17, 15) is 0 Å². The Hall–Kier alpha value is -2.30. The first-order chi connectivity index (χ1) is 10.3. The van der Waals surface area contributed by atoms with Gasteiger partial charge >= 0.3 is 0 Å². The monoisotopic (exact) mass is 284 g/mol. The number of benzene rings is 1. The SMILES string of the molecule is CCc1cc(CNC(=NC)N2CCc3ccccc32)on1. The molecule has 3 rings (SSSR count). The fourth-order valence-corrected chi connectivity index (χ4v) is 2.63. The summed E-state index contributed by atoms with van der Waals surface area (Å²) in [6.07, 6.45) is 1.94. The number of anilines is 1. The van der Waals surface area contributed by atoms with Crippen LogP contribution in [0, 0.1) is 0 Å². The van der Waals surface area contributed by atoms with Crippen molar-refractivity contribution < 1.29 is 4.52 Å². The van der Waals surface area contributed by atoms with E-state index in [1.165, 1.54) is 11.3 Å². The van der Waals surface area contributed by atoms with Crippen molar-refractivity contribution in [3.8, 4) is 0 Å². The van der Waals surface area contributed by atoms with Gasteiger partial charge < -0.3 is 14.7 Å². The van der Waals surface area contributed by atoms with Crippen molar-refractivity contribution in [1.29, 1.82) is 0 Å². The molecule has 1 aromatic carbocycles. The lowest BCUT2D eigenvalue weighted by atomic mass is 10.2. The molecule has 0 spiro atoms. The molecule has 1 aliphatic rings. The van der Waals surface area contributed by atoms with Crippen LogP contribution >= 0.6 is 0 Å². The molecule has 0 aliphatic carbocycles. The van der Waals surface area contributed by atoms with Gasteiger partial charge in [-0.2, -0.15) is 0 Å². The molecular weight excluding hydrogens is 264 g/mol. The van der Waals surface area contributed by atoms with Gasteiger partial charge in [0.15, 0.2) is 11.7 Å². The maximum absolute atomic E-state index is 5.30. The predicted octanol–water partition coefficient (Wildman–Crippen LogP) is 2.38. The minimum atomic E-state index is 0.596. The van der Waals surface area contributed by atoms with E-state index in [2.05, 4.69) is 51.6 Å². The number of aromatic nitrogens is 1. The highest BCUT2D eigenvalue weighted by molar-refractivity contribution is 5.97. The predicted molar refractivity (Wildman–Crippen MR) is 83.6 cm³/mol. The van der Waals surface area contributed by atoms with Crippen molar-refractivity contribution >= 4 is 11.6 Å². The van der Waals surface area contributed by atoms with Crippen LogP contribution in [0.4, 0.5) is 5.69 Å². The number of hydrogen-bond acceptors (Lipinski definition) is 3. The maximum Gasteiger partial charge on any atom is 0.198 e. The largest absolute Gasteiger partial charge is 0.359 e. The number of nitrogens with zero attached hydrogens (tertiary/aromatic N) is 3. The summed E-state index contributed by atoms with van der Waals surface area (Å²) in [7, 11) is 1.81. The summed E-state index contributed by atoms with van der Waals surface area (Å²) in [5.41, 5.74) is 3.58. The van der Waals surface area contributed by atoms with Crippen molar-refractivity contribution in [2.24, 2.45) is 4.99 Å². The Bertz CT molecular complexity index is 647. The molecule has 0 saturated heterocycles. The van der Waals surface area contributed by atoms with Gasteiger partial charge in [-0.1, -0.05) is 30.3 Å². The summed E-state index contributed by atoms with van der Waals surface area (Å²) < 4.78 is 5.30. The zero-order valence-electron chi connectivity index (χ0n) is 12.5. The number of nitrogens with one attached hydrogen (secondary N) is 1. The number of aryl methyl sites for hydroxylation is 1. The molecule has 1 aromatic heterocycles. The normalized spacial score (nSPS) is 14.4. The average Bonchev–Trinajstić information content (AvgIpc) is 3.15. The molecule has 0 amide bonds. The number of hydrogen-bond donors (Lipinski definition) is 1. The second-order valence-electron chi connectivity index (χ2n) is 5.07. The van der Waals surface area contributed by atoms with Crippen molar-refractivity contribution in [2.45, 2.75) is 26.3 Å². The smallest absolute Gasteiger partial charge is 0.198 e. The molecule has 5 heteroatoms. The molecule has 2 aromatic rings. The van der Waals surface area contributed by atoms with E-state index in [1.54, 1.807) is 7.05 Å². The number of rotatable bonds is 3. The maximum atomic E-state index is 5.30. The van der Waals surface area contributed by atoms with Gasteiger partial charge in [0.25, 0.3) is 0 Å². The molecule has 5 nitrogen and oxygen atoms in total. The van der Waals surface area contributed by atoms with E-state index in [-0.39, 0.29) is 0 Å². The second-order valence-corrected chi connectivity index (χ2v) is 5.07. The molecule has 0 saturated carbocycles. The third kappa shape index (κ3) is 2.77. The Morgan fingerprint density at radius 1 is 1.43 bits per heavy atom. The van der Waals surface area contributed by atoms with Crippen LogP contribution in [0.3, 0.4) is 0 Å². The lowest BCUT2D eigenvalue weighted by molar-refractivity contribution is 0.375. The summed E-state index contributed by atoms with van der Waals surface area (Å²) in [6.45, 7) is 3.61. The molecule has 0 bridgehead atoms. The molecule has 0 atom stereocenters. The zero-order valence-corrected chi connectivity index (χ0v) is 12.5. The standard InChI is InChI=1S/C16H20N4O/c1-3-13-10-14(21-19-13)11-18-16(17-2)20-9-8-12-6-4-5-7-15(12)20/h4-7,10H,3,8-9,11H2,1-2H3,(H,17,18). The first kappa shape index (κ1) is 13.7. The van der Waals surface area contributed by atoms with Crippen LogP contribution in [0.25, 0.3) is 0 Å². The first-order valence-corrected chi connectivity index (χ1v) is 7.32. The van der Waals surface area contributed by atoms with Gasteiger partial charge in [0.2, 0.25) is 0 Å². The van der Waals surface area contributed by atoms with E-state index in [1.807, 2.05) is 6.07 Å². The fraction of sp³-hybridized carbons (Fsp3) is 0.375. The molecular formula is C16H20N4O. The Labute approximate surface area is 124 Å². The van der Waals surface area contributed by atoms with Gasteiger partial charge in [-0.15, -0.1) is 0 Å². The molecule has 110 valence electrons. The van der Waals surface area contributed by atoms with Crippen LogP contribution < -0.4 is 10.2 Å². The van der Waals surface area contributed by atoms with Crippen LogP contribution in [0.5, 0.6) is 0 Å². The lowest BCUT2D eigenvalue weighted by Gasteiger charge is -2.21. The molecule has 0 unspecified atom stereocenters. The summed E-state index contributed by atoms with van der Waals surface area (Å²) in [4.78, 5) is 6.60. The summed E-state index contributed by atoms with van der Waals surface area (Å²) in [6, 6.07) is 10.4. The number of fused-ring (bicyclic) bond motifs is 1. The van der Waals surface area contributed by atoms with Gasteiger partial charge in [-0.05, 0) is 24.5 Å². The summed E-state index contributed by atoms with van der Waals surface area (Å²) in [5, 5.41) is 7.35. The number of aliphatic imine (C=N–C) groups is 1. The molecule has 0 fully saturated rings. The first-order valence-electron chi connectivity index (χ1n) is 7.32. The van der Waals surface area contributed by atoms with Crippen LogP contribution in [0.15, 0.2) is 39.8 Å².